The van der Waals surface area contributed by atoms with Crippen LogP contribution in [0.4, 0.5) is 4.79 Å². The quantitative estimate of drug-likeness (QED) is 0.531. The first kappa shape index (κ1) is 24.8. The number of halogens is 3. The van der Waals surface area contributed by atoms with Crippen molar-refractivity contribution < 1.29 is 23.5 Å². The number of ether oxygens (including phenoxy) is 2. The molecule has 0 spiro atoms. The van der Waals surface area contributed by atoms with Crippen LogP contribution in [0.3, 0.4) is 0 Å². The average Bonchev–Trinajstić information content (AvgIpc) is 3.13. The lowest BCUT2D eigenvalue weighted by molar-refractivity contribution is -0.121. The van der Waals surface area contributed by atoms with Crippen LogP contribution in [-0.2, 0) is 9.53 Å². The summed E-state index contributed by atoms with van der Waals surface area (Å²) in [6, 6.07) is 5.05. The van der Waals surface area contributed by atoms with Crippen LogP contribution < -0.4 is 9.72 Å². The highest BCUT2D eigenvalue weighted by Gasteiger charge is 2.39. The molecule has 0 unspecified atom stereocenters. The fourth-order valence-corrected chi connectivity index (χ4v) is 5.78. The number of hydrogen-bond acceptors (Lipinski definition) is 7. The number of carbonyl (C=O) groups excluding carboxylic acids is 2. The number of hydrogen-bond donors (Lipinski definition) is 1. The van der Waals surface area contributed by atoms with Crippen molar-refractivity contribution in [3.05, 3.63) is 38.9 Å². The van der Waals surface area contributed by atoms with E-state index in [0.717, 1.165) is 0 Å². The fourth-order valence-electron chi connectivity index (χ4n) is 3.03. The maximum Gasteiger partial charge on any atom is 0.410 e. The molecule has 1 radical (unpaired) electrons. The van der Waals surface area contributed by atoms with E-state index in [1.54, 1.807) is 43.9 Å². The van der Waals surface area contributed by atoms with Crippen molar-refractivity contribution in [3.8, 4) is 5.75 Å². The summed E-state index contributed by atoms with van der Waals surface area (Å²) >= 11 is 15.0. The van der Waals surface area contributed by atoms with Crippen LogP contribution in [0.2, 0.25) is 16.1 Å². The minimum Gasteiger partial charge on any atom is -0.484 e. The SMILES string of the molecule is CC(C)(C)OC(=O)N1C[Si](NC(=O)COc2ccc(Cl)c(Cl)c2)CC[C@@H]1c1nnc(Br)o1. The summed E-state index contributed by atoms with van der Waals surface area (Å²) in [5.74, 6) is 0.471. The topological polar surface area (TPSA) is 107 Å². The van der Waals surface area contributed by atoms with Gasteiger partial charge in [-0.2, -0.15) is 0 Å². The van der Waals surface area contributed by atoms with Crippen LogP contribution in [0, 0.1) is 0 Å². The van der Waals surface area contributed by atoms with Crippen LogP contribution in [0.15, 0.2) is 27.4 Å². The minimum atomic E-state index is -1.45. The Bertz CT molecular complexity index is 987. The number of carbonyl (C=O) groups is 2. The van der Waals surface area contributed by atoms with E-state index in [4.69, 9.17) is 37.1 Å². The van der Waals surface area contributed by atoms with Gasteiger partial charge in [0.05, 0.1) is 10.0 Å². The molecule has 3 rings (SSSR count). The highest BCUT2D eigenvalue weighted by Crippen LogP contribution is 2.32. The first-order valence-corrected chi connectivity index (χ1v) is 13.2. The summed E-state index contributed by atoms with van der Waals surface area (Å²) in [5, 5.41) is 8.57. The van der Waals surface area contributed by atoms with E-state index in [1.165, 1.54) is 0 Å². The van der Waals surface area contributed by atoms with Gasteiger partial charge in [-0.25, -0.2) is 4.79 Å². The van der Waals surface area contributed by atoms with E-state index >= 15 is 0 Å². The monoisotopic (exact) mass is 563 g/mol. The molecule has 1 atom stereocenters. The van der Waals surface area contributed by atoms with Gasteiger partial charge in [0.15, 0.2) is 15.6 Å². The van der Waals surface area contributed by atoms with Crippen molar-refractivity contribution in [2.24, 2.45) is 0 Å². The number of nitrogens with one attached hydrogen (secondary N) is 1. The summed E-state index contributed by atoms with van der Waals surface area (Å²) < 4.78 is 16.5. The molecule has 32 heavy (non-hydrogen) atoms. The Morgan fingerprint density at radius 3 is 2.69 bits per heavy atom. The summed E-state index contributed by atoms with van der Waals surface area (Å²) in [5.41, 5.74) is -0.668. The maximum atomic E-state index is 12.9. The number of amides is 2. The standard InChI is InChI=1S/C19H22BrCl2N4O5Si/c1-19(2,3)31-18(28)26-10-32(7-6-14(26)16-23-24-17(20)30-16)25-15(27)9-29-11-4-5-12(21)13(22)8-11/h4-5,8,14H,6-7,9-10H2,1-3H3,(H,25,27)/t14-/m1/s1. The smallest absolute Gasteiger partial charge is 0.410 e. The molecule has 2 heterocycles. The van der Waals surface area contributed by atoms with Gasteiger partial charge in [-0.15, -0.1) is 10.2 Å². The lowest BCUT2D eigenvalue weighted by Crippen LogP contribution is -2.55. The zero-order valence-corrected chi connectivity index (χ0v) is 21.8. The second-order valence-electron chi connectivity index (χ2n) is 8.07. The molecule has 1 aromatic heterocycles. The third-order valence-electron chi connectivity index (χ3n) is 4.36. The van der Waals surface area contributed by atoms with Gasteiger partial charge in [-0.3, -0.25) is 9.69 Å². The summed E-state index contributed by atoms with van der Waals surface area (Å²) in [7, 11) is -1.45. The van der Waals surface area contributed by atoms with Crippen molar-refractivity contribution in [1.82, 2.24) is 20.1 Å². The van der Waals surface area contributed by atoms with Crippen LogP contribution in [0.25, 0.3) is 0 Å². The Hall–Kier alpha value is -1.82. The molecule has 13 heteroatoms. The molecule has 1 fully saturated rings. The lowest BCUT2D eigenvalue weighted by Gasteiger charge is -2.37. The largest absolute Gasteiger partial charge is 0.484 e. The molecule has 1 saturated heterocycles. The lowest BCUT2D eigenvalue weighted by atomic mass is 10.2. The average molecular weight is 565 g/mol. The highest BCUT2D eigenvalue weighted by molar-refractivity contribution is 9.10. The van der Waals surface area contributed by atoms with Crippen molar-refractivity contribution in [1.29, 1.82) is 0 Å². The second-order valence-corrected chi connectivity index (χ2v) is 11.8. The first-order valence-electron chi connectivity index (χ1n) is 9.73. The first-order chi connectivity index (χ1) is 15.0. The molecule has 1 aliphatic heterocycles. The molecular weight excluding hydrogens is 543 g/mol. The maximum absolute atomic E-state index is 12.9. The van der Waals surface area contributed by atoms with E-state index in [2.05, 4.69) is 31.1 Å². The van der Waals surface area contributed by atoms with Gasteiger partial charge in [-0.05, 0) is 45.4 Å². The molecule has 0 aliphatic carbocycles. The van der Waals surface area contributed by atoms with Gasteiger partial charge in [0.2, 0.25) is 11.8 Å². The van der Waals surface area contributed by atoms with Crippen molar-refractivity contribution in [3.63, 3.8) is 0 Å². The van der Waals surface area contributed by atoms with Gasteiger partial charge >= 0.3 is 6.09 Å². The zero-order chi connectivity index (χ0) is 23.5. The van der Waals surface area contributed by atoms with Crippen LogP contribution in [0.5, 0.6) is 5.75 Å². The molecule has 1 aromatic carbocycles. The minimum absolute atomic E-state index is 0.182. The molecular formula is C19H22BrCl2N4O5Si. The Kier molecular flexibility index (Phi) is 8.07. The normalized spacial score (nSPS) is 17.2. The number of nitrogens with zero attached hydrogens (tertiary/aromatic N) is 3. The molecule has 1 aliphatic rings. The summed E-state index contributed by atoms with van der Waals surface area (Å²) in [6.45, 7) is 5.20. The number of rotatable bonds is 5. The third kappa shape index (κ3) is 6.84. The van der Waals surface area contributed by atoms with E-state index in [-0.39, 0.29) is 17.3 Å². The Labute approximate surface area is 205 Å². The predicted octanol–water partition coefficient (Wildman–Crippen LogP) is 4.55. The van der Waals surface area contributed by atoms with E-state index < -0.39 is 26.7 Å². The molecule has 173 valence electrons. The van der Waals surface area contributed by atoms with Crippen molar-refractivity contribution in [2.45, 2.75) is 44.9 Å². The van der Waals surface area contributed by atoms with Gasteiger partial charge in [0.25, 0.3) is 4.80 Å². The van der Waals surface area contributed by atoms with Crippen LogP contribution in [-0.4, -0.2) is 54.4 Å². The van der Waals surface area contributed by atoms with Gasteiger partial charge in [0.1, 0.15) is 17.4 Å². The van der Waals surface area contributed by atoms with E-state index in [0.29, 0.717) is 40.3 Å². The van der Waals surface area contributed by atoms with E-state index in [9.17, 15) is 9.59 Å². The number of benzene rings is 1. The Morgan fingerprint density at radius 1 is 1.31 bits per heavy atom. The van der Waals surface area contributed by atoms with E-state index in [1.807, 2.05) is 0 Å². The highest BCUT2D eigenvalue weighted by atomic mass is 79.9. The van der Waals surface area contributed by atoms with Gasteiger partial charge in [-0.1, -0.05) is 23.2 Å². The van der Waals surface area contributed by atoms with Crippen LogP contribution >= 0.6 is 39.1 Å². The molecule has 0 bridgehead atoms. The fraction of sp³-hybridized carbons (Fsp3) is 0.474. The molecule has 2 aromatic rings. The molecule has 1 N–H and O–H groups in total. The molecule has 9 nitrogen and oxygen atoms in total. The number of aromatic nitrogens is 2. The predicted molar refractivity (Wildman–Crippen MR) is 123 cm³/mol. The van der Waals surface area contributed by atoms with Crippen molar-refractivity contribution >= 4 is 60.1 Å². The van der Waals surface area contributed by atoms with Gasteiger partial charge < -0.3 is 18.9 Å². The van der Waals surface area contributed by atoms with Crippen LogP contribution in [0.1, 0.15) is 39.1 Å². The summed E-state index contributed by atoms with van der Waals surface area (Å²) in [6.07, 6.45) is 0.374. The Morgan fingerprint density at radius 2 is 2.06 bits per heavy atom. The van der Waals surface area contributed by atoms with Crippen molar-refractivity contribution in [2.75, 3.05) is 12.8 Å². The Balaban J connectivity index is 1.63. The third-order valence-corrected chi connectivity index (χ3v) is 7.67. The van der Waals surface area contributed by atoms with Gasteiger partial charge in [0, 0.05) is 28.2 Å². The second kappa shape index (κ2) is 10.4. The molecule has 0 saturated carbocycles. The zero-order valence-electron chi connectivity index (χ0n) is 17.7. The molecule has 2 amide bonds. The summed E-state index contributed by atoms with van der Waals surface area (Å²) in [4.78, 5) is 30.1.